The van der Waals surface area contributed by atoms with Crippen molar-refractivity contribution in [2.75, 3.05) is 13.2 Å². The Hall–Kier alpha value is -0.720. The van der Waals surface area contributed by atoms with Crippen molar-refractivity contribution in [1.29, 1.82) is 0 Å². The summed E-state index contributed by atoms with van der Waals surface area (Å²) in [6.07, 6.45) is 1.93. The monoisotopic (exact) mass is 314 g/mol. The molecule has 4 nitrogen and oxygen atoms in total. The summed E-state index contributed by atoms with van der Waals surface area (Å²) >= 11 is 5.08. The number of aromatic nitrogens is 2. The molecule has 2 aromatic rings. The third kappa shape index (κ3) is 2.29. The van der Waals surface area contributed by atoms with Crippen LogP contribution in [-0.2, 0) is 4.74 Å². The van der Waals surface area contributed by atoms with E-state index in [1.807, 2.05) is 11.4 Å². The van der Waals surface area contributed by atoms with E-state index in [1.54, 1.807) is 11.3 Å². The average molecular weight is 315 g/mol. The van der Waals surface area contributed by atoms with Gasteiger partial charge in [-0.2, -0.15) is 4.98 Å². The predicted octanol–water partition coefficient (Wildman–Crippen LogP) is 3.45. The normalized spacial score (nSPS) is 17.5. The van der Waals surface area contributed by atoms with E-state index in [1.165, 1.54) is 0 Å². The van der Waals surface area contributed by atoms with E-state index < -0.39 is 0 Å². The summed E-state index contributed by atoms with van der Waals surface area (Å²) in [5.74, 6) is 1.76. The lowest BCUT2D eigenvalue weighted by atomic mass is 10.0. The van der Waals surface area contributed by atoms with Crippen LogP contribution in [0.1, 0.15) is 24.7 Å². The summed E-state index contributed by atoms with van der Waals surface area (Å²) < 4.78 is 11.7. The molecule has 1 saturated heterocycles. The number of rotatable bonds is 2. The van der Waals surface area contributed by atoms with Gasteiger partial charge in [-0.15, -0.1) is 11.3 Å². The van der Waals surface area contributed by atoms with Gasteiger partial charge < -0.3 is 9.26 Å². The van der Waals surface area contributed by atoms with Crippen LogP contribution in [0.25, 0.3) is 10.7 Å². The molecule has 0 radical (unpaired) electrons. The summed E-state index contributed by atoms with van der Waals surface area (Å²) in [7, 11) is 0. The lowest BCUT2D eigenvalue weighted by molar-refractivity contribution is 0.0778. The minimum absolute atomic E-state index is 0.351. The van der Waals surface area contributed by atoms with E-state index in [0.717, 1.165) is 41.3 Å². The first kappa shape index (κ1) is 11.4. The molecule has 0 unspecified atom stereocenters. The largest absolute Gasteiger partial charge is 0.381 e. The Morgan fingerprint density at radius 2 is 2.18 bits per heavy atom. The molecule has 0 bridgehead atoms. The SMILES string of the molecule is Brc1ccsc1-c1noc(C2CCOCC2)n1. The molecule has 17 heavy (non-hydrogen) atoms. The molecule has 0 N–H and O–H groups in total. The fourth-order valence-corrected chi connectivity index (χ4v) is 3.37. The van der Waals surface area contributed by atoms with Crippen molar-refractivity contribution in [3.05, 3.63) is 21.8 Å². The van der Waals surface area contributed by atoms with Crippen LogP contribution in [0.5, 0.6) is 0 Å². The highest BCUT2D eigenvalue weighted by molar-refractivity contribution is 9.10. The molecular weight excluding hydrogens is 304 g/mol. The zero-order valence-electron chi connectivity index (χ0n) is 9.06. The van der Waals surface area contributed by atoms with E-state index in [2.05, 4.69) is 26.1 Å². The minimum Gasteiger partial charge on any atom is -0.381 e. The van der Waals surface area contributed by atoms with Gasteiger partial charge in [0, 0.05) is 23.6 Å². The summed E-state index contributed by atoms with van der Waals surface area (Å²) in [5, 5.41) is 6.05. The molecule has 3 rings (SSSR count). The molecule has 1 aliphatic rings. The minimum atomic E-state index is 0.351. The predicted molar refractivity (Wildman–Crippen MR) is 68.1 cm³/mol. The molecule has 1 aliphatic heterocycles. The maximum absolute atomic E-state index is 5.35. The molecule has 0 aliphatic carbocycles. The Morgan fingerprint density at radius 1 is 1.35 bits per heavy atom. The van der Waals surface area contributed by atoms with Crippen LogP contribution in [-0.4, -0.2) is 23.4 Å². The zero-order chi connectivity index (χ0) is 11.7. The smallest absolute Gasteiger partial charge is 0.230 e. The first-order chi connectivity index (χ1) is 8.34. The van der Waals surface area contributed by atoms with Crippen molar-refractivity contribution in [3.8, 4) is 10.7 Å². The van der Waals surface area contributed by atoms with Crippen molar-refractivity contribution in [1.82, 2.24) is 10.1 Å². The maximum atomic E-state index is 5.35. The Balaban J connectivity index is 1.85. The van der Waals surface area contributed by atoms with Crippen LogP contribution < -0.4 is 0 Å². The van der Waals surface area contributed by atoms with Crippen molar-refractivity contribution in [2.45, 2.75) is 18.8 Å². The molecule has 0 amide bonds. The number of hydrogen-bond donors (Lipinski definition) is 0. The van der Waals surface area contributed by atoms with Crippen molar-refractivity contribution in [3.63, 3.8) is 0 Å². The zero-order valence-corrected chi connectivity index (χ0v) is 11.5. The Bertz CT molecular complexity index is 505. The highest BCUT2D eigenvalue weighted by Gasteiger charge is 2.23. The molecule has 0 atom stereocenters. The number of nitrogens with zero attached hydrogens (tertiary/aromatic N) is 2. The Morgan fingerprint density at radius 3 is 2.88 bits per heavy atom. The van der Waals surface area contributed by atoms with Crippen LogP contribution in [0.4, 0.5) is 0 Å². The van der Waals surface area contributed by atoms with Crippen LogP contribution in [0.15, 0.2) is 20.4 Å². The number of thiophene rings is 1. The standard InChI is InChI=1S/C11H11BrN2O2S/c12-8-3-6-17-9(8)10-13-11(16-14-10)7-1-4-15-5-2-7/h3,6-7H,1-2,4-5H2. The molecule has 0 spiro atoms. The van der Waals surface area contributed by atoms with Crippen LogP contribution >= 0.6 is 27.3 Å². The number of hydrogen-bond acceptors (Lipinski definition) is 5. The third-order valence-corrected chi connectivity index (χ3v) is 4.67. The van der Waals surface area contributed by atoms with Gasteiger partial charge >= 0.3 is 0 Å². The number of halogens is 1. The van der Waals surface area contributed by atoms with Crippen molar-refractivity contribution < 1.29 is 9.26 Å². The van der Waals surface area contributed by atoms with Crippen molar-refractivity contribution >= 4 is 27.3 Å². The quantitative estimate of drug-likeness (QED) is 0.851. The van der Waals surface area contributed by atoms with Gasteiger partial charge in [0.1, 0.15) is 0 Å². The molecule has 90 valence electrons. The van der Waals surface area contributed by atoms with E-state index in [-0.39, 0.29) is 0 Å². The first-order valence-electron chi connectivity index (χ1n) is 5.49. The summed E-state index contributed by atoms with van der Waals surface area (Å²) in [4.78, 5) is 5.50. The third-order valence-electron chi connectivity index (χ3n) is 2.83. The molecule has 6 heteroatoms. The molecule has 0 aromatic carbocycles. The van der Waals surface area contributed by atoms with Gasteiger partial charge in [-0.3, -0.25) is 0 Å². The fraction of sp³-hybridized carbons (Fsp3) is 0.455. The first-order valence-corrected chi connectivity index (χ1v) is 7.16. The van der Waals surface area contributed by atoms with E-state index in [0.29, 0.717) is 11.7 Å². The second kappa shape index (κ2) is 4.88. The molecule has 1 fully saturated rings. The summed E-state index contributed by atoms with van der Waals surface area (Å²) in [6, 6.07) is 1.99. The molecule has 3 heterocycles. The van der Waals surface area contributed by atoms with Crippen molar-refractivity contribution in [2.24, 2.45) is 0 Å². The second-order valence-electron chi connectivity index (χ2n) is 3.94. The Kier molecular flexibility index (Phi) is 3.26. The molecule has 0 saturated carbocycles. The van der Waals surface area contributed by atoms with E-state index in [9.17, 15) is 0 Å². The summed E-state index contributed by atoms with van der Waals surface area (Å²) in [6.45, 7) is 1.57. The maximum Gasteiger partial charge on any atom is 0.230 e. The van der Waals surface area contributed by atoms with Gasteiger partial charge in [0.25, 0.3) is 0 Å². The fourth-order valence-electron chi connectivity index (χ4n) is 1.89. The van der Waals surface area contributed by atoms with Gasteiger partial charge in [-0.25, -0.2) is 0 Å². The average Bonchev–Trinajstić information content (AvgIpc) is 2.98. The lowest BCUT2D eigenvalue weighted by Gasteiger charge is -2.17. The number of ether oxygens (including phenoxy) is 1. The van der Waals surface area contributed by atoms with Gasteiger partial charge in [0.05, 0.1) is 4.88 Å². The lowest BCUT2D eigenvalue weighted by Crippen LogP contribution is -2.14. The van der Waals surface area contributed by atoms with Gasteiger partial charge in [0.2, 0.25) is 11.7 Å². The van der Waals surface area contributed by atoms with Crippen LogP contribution in [0.2, 0.25) is 0 Å². The highest BCUT2D eigenvalue weighted by Crippen LogP contribution is 2.33. The Labute approximate surface area is 111 Å². The van der Waals surface area contributed by atoms with E-state index in [4.69, 9.17) is 9.26 Å². The van der Waals surface area contributed by atoms with Gasteiger partial charge in [-0.1, -0.05) is 5.16 Å². The van der Waals surface area contributed by atoms with Crippen LogP contribution in [0.3, 0.4) is 0 Å². The second-order valence-corrected chi connectivity index (χ2v) is 5.71. The van der Waals surface area contributed by atoms with Crippen LogP contribution in [0, 0.1) is 0 Å². The van der Waals surface area contributed by atoms with E-state index >= 15 is 0 Å². The van der Waals surface area contributed by atoms with Gasteiger partial charge in [0.15, 0.2) is 0 Å². The molecular formula is C11H11BrN2O2S. The highest BCUT2D eigenvalue weighted by atomic mass is 79.9. The van der Waals surface area contributed by atoms with Gasteiger partial charge in [-0.05, 0) is 40.2 Å². The molecule has 2 aromatic heterocycles. The summed E-state index contributed by atoms with van der Waals surface area (Å²) in [5.41, 5.74) is 0. The topological polar surface area (TPSA) is 48.2 Å².